The topological polar surface area (TPSA) is 114 Å². The van der Waals surface area contributed by atoms with Crippen molar-refractivity contribution < 1.29 is 42.2 Å². The largest absolute Gasteiger partial charge is 0.586 e. The second-order valence-electron chi connectivity index (χ2n) is 5.66. The molecule has 10 nitrogen and oxygen atoms in total. The lowest BCUT2D eigenvalue weighted by Crippen LogP contribution is -2.37. The number of rotatable bonds is 5. The normalized spacial score (nSPS) is 17.3. The van der Waals surface area contributed by atoms with Gasteiger partial charge in [-0.25, -0.2) is 4.79 Å². The summed E-state index contributed by atoms with van der Waals surface area (Å²) in [5, 5.41) is 2.32. The molecule has 12 heteroatoms. The van der Waals surface area contributed by atoms with Crippen LogP contribution < -0.4 is 14.8 Å². The SMILES string of the molecule is CN1CC(=O)N(CC(=O)OCC(=O)Nc2ccc3c(c2)OC(F)(F)O3)C1=O. The van der Waals surface area contributed by atoms with Crippen LogP contribution in [0.1, 0.15) is 0 Å². The molecule has 0 aliphatic carbocycles. The van der Waals surface area contributed by atoms with E-state index >= 15 is 0 Å². The molecule has 1 fully saturated rings. The summed E-state index contributed by atoms with van der Waals surface area (Å²) >= 11 is 0. The van der Waals surface area contributed by atoms with E-state index in [-0.39, 0.29) is 23.7 Å². The molecule has 1 aromatic rings. The van der Waals surface area contributed by atoms with Crippen molar-refractivity contribution in [1.29, 1.82) is 0 Å². The molecule has 3 rings (SSSR count). The van der Waals surface area contributed by atoms with Gasteiger partial charge < -0.3 is 24.4 Å². The molecular formula is C15H13F2N3O7. The number of urea groups is 1. The monoisotopic (exact) mass is 385 g/mol. The molecule has 4 amide bonds. The average molecular weight is 385 g/mol. The number of esters is 1. The second-order valence-corrected chi connectivity index (χ2v) is 5.66. The number of nitrogens with one attached hydrogen (secondary N) is 1. The van der Waals surface area contributed by atoms with Crippen molar-refractivity contribution in [3.8, 4) is 11.5 Å². The molecule has 27 heavy (non-hydrogen) atoms. The fraction of sp³-hybridized carbons (Fsp3) is 0.333. The van der Waals surface area contributed by atoms with Crippen LogP contribution in [0.3, 0.4) is 0 Å². The lowest BCUT2D eigenvalue weighted by Gasteiger charge is -2.13. The molecule has 1 N–H and O–H groups in total. The number of benzene rings is 1. The quantitative estimate of drug-likeness (QED) is 0.576. The molecule has 2 heterocycles. The van der Waals surface area contributed by atoms with Gasteiger partial charge in [0.05, 0.1) is 0 Å². The summed E-state index contributed by atoms with van der Waals surface area (Å²) in [5.74, 6) is -2.71. The summed E-state index contributed by atoms with van der Waals surface area (Å²) in [5.41, 5.74) is 0.114. The molecule has 144 valence electrons. The molecule has 0 saturated carbocycles. The summed E-state index contributed by atoms with van der Waals surface area (Å²) in [4.78, 5) is 48.5. The lowest BCUT2D eigenvalue weighted by molar-refractivity contribution is -0.286. The number of hydrogen-bond acceptors (Lipinski definition) is 7. The highest BCUT2D eigenvalue weighted by molar-refractivity contribution is 6.04. The van der Waals surface area contributed by atoms with Crippen LogP contribution in [0.15, 0.2) is 18.2 Å². The Bertz CT molecular complexity index is 830. The number of fused-ring (bicyclic) bond motifs is 1. The first-order valence-electron chi connectivity index (χ1n) is 7.55. The van der Waals surface area contributed by atoms with Gasteiger partial charge in [-0.3, -0.25) is 19.3 Å². The van der Waals surface area contributed by atoms with E-state index < -0.39 is 43.3 Å². The van der Waals surface area contributed by atoms with E-state index in [0.717, 1.165) is 11.0 Å². The molecular weight excluding hydrogens is 372 g/mol. The molecule has 1 aromatic carbocycles. The van der Waals surface area contributed by atoms with Crippen LogP contribution in [0.2, 0.25) is 0 Å². The zero-order valence-corrected chi connectivity index (χ0v) is 13.9. The number of nitrogens with zero attached hydrogens (tertiary/aromatic N) is 2. The summed E-state index contributed by atoms with van der Waals surface area (Å²) in [6.07, 6.45) is -3.78. The Labute approximate surface area is 150 Å². The highest BCUT2D eigenvalue weighted by Gasteiger charge is 2.43. The molecule has 0 atom stereocenters. The van der Waals surface area contributed by atoms with Gasteiger partial charge in [-0.2, -0.15) is 0 Å². The first-order valence-corrected chi connectivity index (χ1v) is 7.55. The number of halogens is 2. The van der Waals surface area contributed by atoms with E-state index in [4.69, 9.17) is 4.74 Å². The number of anilines is 1. The fourth-order valence-corrected chi connectivity index (χ4v) is 2.37. The number of amides is 4. The second kappa shape index (κ2) is 6.70. The molecule has 0 unspecified atom stereocenters. The van der Waals surface area contributed by atoms with Crippen molar-refractivity contribution in [1.82, 2.24) is 9.80 Å². The van der Waals surface area contributed by atoms with E-state index in [9.17, 15) is 28.0 Å². The maximum Gasteiger partial charge on any atom is 0.586 e. The van der Waals surface area contributed by atoms with E-state index in [1.807, 2.05) is 0 Å². The Balaban J connectivity index is 1.48. The Hall–Kier alpha value is -3.44. The Kier molecular flexibility index (Phi) is 4.56. The Morgan fingerprint density at radius 2 is 1.96 bits per heavy atom. The van der Waals surface area contributed by atoms with Gasteiger partial charge in [0, 0.05) is 18.8 Å². The molecule has 0 aromatic heterocycles. The van der Waals surface area contributed by atoms with Gasteiger partial charge >= 0.3 is 18.3 Å². The number of hydrogen-bond donors (Lipinski definition) is 1. The maximum absolute atomic E-state index is 12.9. The number of imide groups is 1. The smallest absolute Gasteiger partial charge is 0.454 e. The van der Waals surface area contributed by atoms with Crippen LogP contribution in [0.4, 0.5) is 19.3 Å². The van der Waals surface area contributed by atoms with Gasteiger partial charge in [0.1, 0.15) is 13.1 Å². The van der Waals surface area contributed by atoms with Gasteiger partial charge in [0.15, 0.2) is 18.1 Å². The van der Waals surface area contributed by atoms with Gasteiger partial charge in [0.2, 0.25) is 0 Å². The minimum atomic E-state index is -3.78. The Morgan fingerprint density at radius 1 is 1.26 bits per heavy atom. The molecule has 0 radical (unpaired) electrons. The molecule has 1 saturated heterocycles. The molecule has 2 aliphatic heterocycles. The summed E-state index contributed by atoms with van der Waals surface area (Å²) in [6.45, 7) is -1.46. The number of alkyl halides is 2. The van der Waals surface area contributed by atoms with Crippen molar-refractivity contribution in [2.75, 3.05) is 32.1 Å². The van der Waals surface area contributed by atoms with Gasteiger partial charge in [0.25, 0.3) is 11.8 Å². The summed E-state index contributed by atoms with van der Waals surface area (Å²) in [6, 6.07) is 2.95. The number of carbonyl (C=O) groups is 4. The van der Waals surface area contributed by atoms with Crippen LogP contribution >= 0.6 is 0 Å². The number of ether oxygens (including phenoxy) is 3. The summed E-state index contributed by atoms with van der Waals surface area (Å²) < 4.78 is 39.1. The van der Waals surface area contributed by atoms with Crippen molar-refractivity contribution in [3.63, 3.8) is 0 Å². The van der Waals surface area contributed by atoms with Crippen LogP contribution in [0.5, 0.6) is 11.5 Å². The van der Waals surface area contributed by atoms with Crippen molar-refractivity contribution in [3.05, 3.63) is 18.2 Å². The molecule has 0 bridgehead atoms. The van der Waals surface area contributed by atoms with E-state index in [1.165, 1.54) is 19.2 Å². The first kappa shape index (κ1) is 18.4. The predicted octanol–water partition coefficient (Wildman–Crippen LogP) is 0.384. The zero-order chi connectivity index (χ0) is 19.8. The zero-order valence-electron chi connectivity index (χ0n) is 13.9. The Morgan fingerprint density at radius 3 is 2.63 bits per heavy atom. The fourth-order valence-electron chi connectivity index (χ4n) is 2.37. The van der Waals surface area contributed by atoms with Crippen molar-refractivity contribution in [2.45, 2.75) is 6.29 Å². The minimum absolute atomic E-state index is 0.114. The van der Waals surface area contributed by atoms with Gasteiger partial charge in [-0.15, -0.1) is 8.78 Å². The maximum atomic E-state index is 12.9. The van der Waals surface area contributed by atoms with Crippen LogP contribution in [0.25, 0.3) is 0 Å². The predicted molar refractivity (Wildman–Crippen MR) is 82.0 cm³/mol. The van der Waals surface area contributed by atoms with Crippen LogP contribution in [0, 0.1) is 0 Å². The van der Waals surface area contributed by atoms with Crippen molar-refractivity contribution in [2.24, 2.45) is 0 Å². The highest BCUT2D eigenvalue weighted by Crippen LogP contribution is 2.42. The van der Waals surface area contributed by atoms with Crippen LogP contribution in [-0.4, -0.2) is 66.7 Å². The van der Waals surface area contributed by atoms with E-state index in [0.29, 0.717) is 4.90 Å². The third kappa shape index (κ3) is 4.04. The highest BCUT2D eigenvalue weighted by atomic mass is 19.3. The molecule has 0 spiro atoms. The number of likely N-dealkylation sites (N-methyl/N-ethyl adjacent to an activating group) is 1. The van der Waals surface area contributed by atoms with E-state index in [2.05, 4.69) is 14.8 Å². The summed E-state index contributed by atoms with van der Waals surface area (Å²) in [7, 11) is 1.40. The lowest BCUT2D eigenvalue weighted by atomic mass is 10.3. The average Bonchev–Trinajstić information content (AvgIpc) is 3.01. The van der Waals surface area contributed by atoms with Gasteiger partial charge in [-0.05, 0) is 12.1 Å². The third-order valence-corrected chi connectivity index (χ3v) is 3.57. The van der Waals surface area contributed by atoms with E-state index in [1.54, 1.807) is 0 Å². The first-order chi connectivity index (χ1) is 12.6. The molecule has 2 aliphatic rings. The standard InChI is InChI=1S/C15H13F2N3O7/c1-19-5-12(22)20(14(19)24)6-13(23)25-7-11(21)18-8-2-3-9-10(4-8)27-15(16,17)26-9/h2-4H,5-7H2,1H3,(H,18,21). The number of carbonyl (C=O) groups excluding carboxylic acids is 4. The minimum Gasteiger partial charge on any atom is -0.454 e. The third-order valence-electron chi connectivity index (χ3n) is 3.57. The van der Waals surface area contributed by atoms with Gasteiger partial charge in [-0.1, -0.05) is 0 Å². The van der Waals surface area contributed by atoms with Crippen LogP contribution in [-0.2, 0) is 19.1 Å². The van der Waals surface area contributed by atoms with Crippen molar-refractivity contribution >= 4 is 29.5 Å².